The van der Waals surface area contributed by atoms with Gasteiger partial charge in [-0.25, -0.2) is 4.79 Å². The molecule has 5 fully saturated rings. The fourth-order valence-corrected chi connectivity index (χ4v) is 5.59. The Hall–Kier alpha value is -0.810. The van der Waals surface area contributed by atoms with E-state index in [1.807, 2.05) is 6.92 Å². The summed E-state index contributed by atoms with van der Waals surface area (Å²) in [7, 11) is 0. The molecule has 1 aliphatic heterocycles. The molecule has 124 valence electrons. The number of hydrogen-bond donors (Lipinski definition) is 1. The third-order valence-corrected chi connectivity index (χ3v) is 6.09. The second-order valence-corrected chi connectivity index (χ2v) is 8.82. The van der Waals surface area contributed by atoms with Crippen LogP contribution in [0.25, 0.3) is 0 Å². The Morgan fingerprint density at radius 2 is 1.77 bits per heavy atom. The summed E-state index contributed by atoms with van der Waals surface area (Å²) in [5.41, 5.74) is -0.565. The average Bonchev–Trinajstić information content (AvgIpc) is 2.38. The maximum absolute atomic E-state index is 11.9. The van der Waals surface area contributed by atoms with Gasteiger partial charge in [0.05, 0.1) is 18.8 Å². The molecule has 0 aromatic rings. The van der Waals surface area contributed by atoms with Crippen molar-refractivity contribution in [2.45, 2.75) is 51.0 Å². The molecular weight excluding hydrogens is 284 g/mol. The van der Waals surface area contributed by atoms with Crippen molar-refractivity contribution in [2.24, 2.45) is 22.7 Å². The molecule has 0 amide bonds. The Bertz CT molecular complexity index is 456. The molecule has 0 spiro atoms. The van der Waals surface area contributed by atoms with Gasteiger partial charge >= 0.3 is 6.16 Å². The zero-order valence-electron chi connectivity index (χ0n) is 13.3. The SMILES string of the molecule is CC1(COC(=O)OCC23CC4CC(CC(O)(C4)C2)C3)COC1. The third-order valence-electron chi connectivity index (χ3n) is 6.09. The highest BCUT2D eigenvalue weighted by Crippen LogP contribution is 2.61. The molecular formula is C17H26O5. The lowest BCUT2D eigenvalue weighted by Crippen LogP contribution is -2.57. The van der Waals surface area contributed by atoms with Crippen LogP contribution in [0, 0.1) is 22.7 Å². The van der Waals surface area contributed by atoms with Gasteiger partial charge in [-0.3, -0.25) is 0 Å². The minimum absolute atomic E-state index is 0.0126. The van der Waals surface area contributed by atoms with Gasteiger partial charge in [-0.1, -0.05) is 6.92 Å². The molecule has 4 saturated carbocycles. The number of aliphatic hydroxyl groups is 1. The summed E-state index contributed by atoms with van der Waals surface area (Å²) in [5.74, 6) is 1.22. The first-order valence-electron chi connectivity index (χ1n) is 8.48. The zero-order valence-corrected chi connectivity index (χ0v) is 13.3. The lowest BCUT2D eigenvalue weighted by molar-refractivity contribution is -0.179. The van der Waals surface area contributed by atoms with Gasteiger partial charge in [-0.05, 0) is 50.4 Å². The van der Waals surface area contributed by atoms with Crippen molar-refractivity contribution in [1.29, 1.82) is 0 Å². The normalized spacial score (nSPS) is 44.5. The molecule has 0 aromatic heterocycles. The maximum atomic E-state index is 11.9. The third kappa shape index (κ3) is 2.62. The van der Waals surface area contributed by atoms with Gasteiger partial charge in [0.2, 0.25) is 0 Å². The molecule has 1 heterocycles. The number of carbonyl (C=O) groups excluding carboxylic acids is 1. The van der Waals surface area contributed by atoms with Gasteiger partial charge in [0.25, 0.3) is 0 Å². The zero-order chi connectivity index (χ0) is 15.4. The minimum atomic E-state index is -0.573. The molecule has 5 nitrogen and oxygen atoms in total. The number of rotatable bonds is 4. The minimum Gasteiger partial charge on any atom is -0.434 e. The standard InChI is InChI=1S/C17H26O5/c1-15(8-20-9-15)10-21-14(18)22-11-16-3-12-2-13(4-16)6-17(19,5-12)7-16/h12-13,19H,2-11H2,1H3. The van der Waals surface area contributed by atoms with Crippen LogP contribution < -0.4 is 0 Å². The van der Waals surface area contributed by atoms with E-state index in [0.717, 1.165) is 32.1 Å². The van der Waals surface area contributed by atoms with Crippen LogP contribution in [-0.4, -0.2) is 43.3 Å². The Labute approximate surface area is 131 Å². The van der Waals surface area contributed by atoms with E-state index in [0.29, 0.717) is 38.3 Å². The van der Waals surface area contributed by atoms with E-state index >= 15 is 0 Å². The van der Waals surface area contributed by atoms with Crippen LogP contribution in [0.4, 0.5) is 4.79 Å². The summed E-state index contributed by atoms with van der Waals surface area (Å²) >= 11 is 0. The van der Waals surface area contributed by atoms with Crippen LogP contribution in [0.5, 0.6) is 0 Å². The predicted molar refractivity (Wildman–Crippen MR) is 78.3 cm³/mol. The molecule has 5 heteroatoms. The summed E-state index contributed by atoms with van der Waals surface area (Å²) in [6.07, 6.45) is 5.51. The number of ether oxygens (including phenoxy) is 3. The predicted octanol–water partition coefficient (Wildman–Crippen LogP) is 2.51. The number of carbonyl (C=O) groups is 1. The molecule has 2 unspecified atom stereocenters. The quantitative estimate of drug-likeness (QED) is 0.808. The second kappa shape index (κ2) is 4.84. The molecule has 5 aliphatic rings. The van der Waals surface area contributed by atoms with Crippen LogP contribution in [0.3, 0.4) is 0 Å². The summed E-state index contributed by atoms with van der Waals surface area (Å²) in [4.78, 5) is 11.9. The highest BCUT2D eigenvalue weighted by Gasteiger charge is 2.57. The summed E-state index contributed by atoms with van der Waals surface area (Å²) in [5, 5.41) is 10.7. The van der Waals surface area contributed by atoms with Gasteiger partial charge in [-0.15, -0.1) is 0 Å². The Morgan fingerprint density at radius 3 is 2.32 bits per heavy atom. The van der Waals surface area contributed by atoms with E-state index in [4.69, 9.17) is 14.2 Å². The van der Waals surface area contributed by atoms with Crippen molar-refractivity contribution in [1.82, 2.24) is 0 Å². The summed E-state index contributed by atoms with van der Waals surface area (Å²) < 4.78 is 15.8. The smallest absolute Gasteiger partial charge is 0.434 e. The Balaban J connectivity index is 1.31. The first-order chi connectivity index (χ1) is 10.4. The fourth-order valence-electron chi connectivity index (χ4n) is 5.59. The molecule has 0 radical (unpaired) electrons. The van der Waals surface area contributed by atoms with Gasteiger partial charge in [0.15, 0.2) is 0 Å². The van der Waals surface area contributed by atoms with Gasteiger partial charge in [0, 0.05) is 10.8 Å². The van der Waals surface area contributed by atoms with E-state index in [1.165, 1.54) is 6.42 Å². The highest BCUT2D eigenvalue weighted by molar-refractivity contribution is 5.60. The van der Waals surface area contributed by atoms with Crippen molar-refractivity contribution in [3.05, 3.63) is 0 Å². The van der Waals surface area contributed by atoms with Crippen LogP contribution in [0.1, 0.15) is 45.4 Å². The van der Waals surface area contributed by atoms with Gasteiger partial charge in [-0.2, -0.15) is 0 Å². The van der Waals surface area contributed by atoms with Gasteiger partial charge in [0.1, 0.15) is 13.2 Å². The monoisotopic (exact) mass is 310 g/mol. The molecule has 0 aromatic carbocycles. The Morgan fingerprint density at radius 1 is 1.14 bits per heavy atom. The molecule has 1 saturated heterocycles. The van der Waals surface area contributed by atoms with Crippen molar-refractivity contribution in [3.63, 3.8) is 0 Å². The second-order valence-electron chi connectivity index (χ2n) is 8.82. The Kier molecular flexibility index (Phi) is 3.25. The fraction of sp³-hybridized carbons (Fsp3) is 0.941. The van der Waals surface area contributed by atoms with E-state index in [2.05, 4.69) is 0 Å². The summed E-state index contributed by atoms with van der Waals surface area (Å²) in [6.45, 7) is 4.07. The van der Waals surface area contributed by atoms with Gasteiger partial charge < -0.3 is 19.3 Å². The molecule has 4 bridgehead atoms. The van der Waals surface area contributed by atoms with Crippen LogP contribution >= 0.6 is 0 Å². The number of hydrogen-bond acceptors (Lipinski definition) is 5. The molecule has 1 N–H and O–H groups in total. The lowest BCUT2D eigenvalue weighted by Gasteiger charge is -2.59. The first-order valence-corrected chi connectivity index (χ1v) is 8.48. The molecule has 2 atom stereocenters. The first kappa shape index (κ1) is 14.8. The topological polar surface area (TPSA) is 65.0 Å². The molecule has 4 aliphatic carbocycles. The van der Waals surface area contributed by atoms with Crippen molar-refractivity contribution in [2.75, 3.05) is 26.4 Å². The van der Waals surface area contributed by atoms with Crippen molar-refractivity contribution >= 4 is 6.16 Å². The van der Waals surface area contributed by atoms with Crippen LogP contribution in [0.2, 0.25) is 0 Å². The van der Waals surface area contributed by atoms with E-state index in [9.17, 15) is 9.90 Å². The van der Waals surface area contributed by atoms with E-state index < -0.39 is 11.8 Å². The van der Waals surface area contributed by atoms with Crippen molar-refractivity contribution < 1.29 is 24.1 Å². The largest absolute Gasteiger partial charge is 0.508 e. The highest BCUT2D eigenvalue weighted by atomic mass is 16.7. The molecule has 5 rings (SSSR count). The van der Waals surface area contributed by atoms with Crippen molar-refractivity contribution in [3.8, 4) is 0 Å². The summed E-state index contributed by atoms with van der Waals surface area (Å²) in [6, 6.07) is 0. The average molecular weight is 310 g/mol. The van der Waals surface area contributed by atoms with Crippen LogP contribution in [-0.2, 0) is 14.2 Å². The maximum Gasteiger partial charge on any atom is 0.508 e. The molecule has 22 heavy (non-hydrogen) atoms. The lowest BCUT2D eigenvalue weighted by atomic mass is 9.48. The van der Waals surface area contributed by atoms with E-state index in [-0.39, 0.29) is 10.8 Å². The van der Waals surface area contributed by atoms with E-state index in [1.54, 1.807) is 0 Å². The van der Waals surface area contributed by atoms with Crippen LogP contribution in [0.15, 0.2) is 0 Å².